The molecule has 1 aromatic carbocycles. The lowest BCUT2D eigenvalue weighted by Gasteiger charge is -2.14. The van der Waals surface area contributed by atoms with Gasteiger partial charge in [0.2, 0.25) is 0 Å². The second kappa shape index (κ2) is 5.93. The van der Waals surface area contributed by atoms with Gasteiger partial charge in [-0.25, -0.2) is 0 Å². The SMILES string of the molecule is CCCOc1cc(C(C)C)cc(C(C)C)c1. The van der Waals surface area contributed by atoms with E-state index in [4.69, 9.17) is 4.74 Å². The van der Waals surface area contributed by atoms with E-state index in [0.717, 1.165) is 18.8 Å². The largest absolute Gasteiger partial charge is 0.494 e. The minimum absolute atomic E-state index is 0.558. The van der Waals surface area contributed by atoms with Crippen molar-refractivity contribution < 1.29 is 4.74 Å². The molecule has 0 atom stereocenters. The quantitative estimate of drug-likeness (QED) is 0.697. The smallest absolute Gasteiger partial charge is 0.119 e. The molecule has 0 spiro atoms. The maximum Gasteiger partial charge on any atom is 0.119 e. The van der Waals surface area contributed by atoms with Crippen molar-refractivity contribution in [2.45, 2.75) is 52.9 Å². The molecule has 0 saturated heterocycles. The maximum atomic E-state index is 5.74. The van der Waals surface area contributed by atoms with Crippen molar-refractivity contribution in [2.24, 2.45) is 0 Å². The summed E-state index contributed by atoms with van der Waals surface area (Å²) in [5.74, 6) is 2.14. The molecule has 0 amide bonds. The van der Waals surface area contributed by atoms with Crippen molar-refractivity contribution in [1.82, 2.24) is 0 Å². The van der Waals surface area contributed by atoms with Crippen molar-refractivity contribution in [2.75, 3.05) is 6.61 Å². The standard InChI is InChI=1S/C15H24O/c1-6-7-16-15-9-13(11(2)3)8-14(10-15)12(4)5/h8-12H,6-7H2,1-5H3. The molecule has 0 aromatic heterocycles. The predicted octanol–water partition coefficient (Wildman–Crippen LogP) is 4.72. The van der Waals surface area contributed by atoms with Crippen LogP contribution in [0.4, 0.5) is 0 Å². The van der Waals surface area contributed by atoms with Crippen molar-refractivity contribution in [3.63, 3.8) is 0 Å². The summed E-state index contributed by atoms with van der Waals surface area (Å²) >= 11 is 0. The molecule has 0 fully saturated rings. The fourth-order valence-electron chi connectivity index (χ4n) is 1.62. The molecule has 16 heavy (non-hydrogen) atoms. The van der Waals surface area contributed by atoms with Crippen LogP contribution in [0.25, 0.3) is 0 Å². The molecule has 0 radical (unpaired) electrons. The van der Waals surface area contributed by atoms with Crippen LogP contribution in [0.15, 0.2) is 18.2 Å². The van der Waals surface area contributed by atoms with Crippen LogP contribution in [0.1, 0.15) is 64.0 Å². The molecule has 1 rings (SSSR count). The molecule has 1 heteroatoms. The number of ether oxygens (including phenoxy) is 1. The summed E-state index contributed by atoms with van der Waals surface area (Å²) < 4.78 is 5.74. The number of hydrogen-bond acceptors (Lipinski definition) is 1. The van der Waals surface area contributed by atoms with Crippen LogP contribution in [0, 0.1) is 0 Å². The monoisotopic (exact) mass is 220 g/mol. The van der Waals surface area contributed by atoms with Gasteiger partial charge in [-0.15, -0.1) is 0 Å². The topological polar surface area (TPSA) is 9.23 Å². The molecular weight excluding hydrogens is 196 g/mol. The van der Waals surface area contributed by atoms with Crippen molar-refractivity contribution in [3.05, 3.63) is 29.3 Å². The lowest BCUT2D eigenvalue weighted by Crippen LogP contribution is -1.99. The number of rotatable bonds is 5. The minimum atomic E-state index is 0.558. The average molecular weight is 220 g/mol. The van der Waals surface area contributed by atoms with E-state index in [1.807, 2.05) is 0 Å². The molecule has 0 N–H and O–H groups in total. The predicted molar refractivity (Wildman–Crippen MR) is 70.4 cm³/mol. The molecule has 0 aliphatic carbocycles. The zero-order chi connectivity index (χ0) is 12.1. The first-order valence-electron chi connectivity index (χ1n) is 6.32. The van der Waals surface area contributed by atoms with Crippen LogP contribution < -0.4 is 4.74 Å². The minimum Gasteiger partial charge on any atom is -0.494 e. The Kier molecular flexibility index (Phi) is 4.85. The van der Waals surface area contributed by atoms with E-state index in [9.17, 15) is 0 Å². The fourth-order valence-corrected chi connectivity index (χ4v) is 1.62. The van der Waals surface area contributed by atoms with Gasteiger partial charge < -0.3 is 4.74 Å². The zero-order valence-corrected chi connectivity index (χ0v) is 11.2. The van der Waals surface area contributed by atoms with E-state index in [1.54, 1.807) is 0 Å². The van der Waals surface area contributed by atoms with Gasteiger partial charge in [-0.2, -0.15) is 0 Å². The Morgan fingerprint density at radius 1 is 0.938 bits per heavy atom. The molecule has 0 bridgehead atoms. The first-order chi connectivity index (χ1) is 7.54. The fraction of sp³-hybridized carbons (Fsp3) is 0.600. The summed E-state index contributed by atoms with van der Waals surface area (Å²) in [5, 5.41) is 0. The lowest BCUT2D eigenvalue weighted by atomic mass is 9.95. The molecule has 0 aliphatic rings. The summed E-state index contributed by atoms with van der Waals surface area (Å²) in [6.45, 7) is 11.8. The zero-order valence-electron chi connectivity index (χ0n) is 11.2. The van der Waals surface area contributed by atoms with Crippen molar-refractivity contribution in [3.8, 4) is 5.75 Å². The van der Waals surface area contributed by atoms with Gasteiger partial charge in [0.25, 0.3) is 0 Å². The second-order valence-electron chi connectivity index (χ2n) is 4.99. The lowest BCUT2D eigenvalue weighted by molar-refractivity contribution is 0.316. The first kappa shape index (κ1) is 13.1. The van der Waals surface area contributed by atoms with E-state index < -0.39 is 0 Å². The average Bonchev–Trinajstić information content (AvgIpc) is 2.25. The second-order valence-corrected chi connectivity index (χ2v) is 4.99. The van der Waals surface area contributed by atoms with Crippen LogP contribution in [0.3, 0.4) is 0 Å². The Morgan fingerprint density at radius 3 is 1.81 bits per heavy atom. The van der Waals surface area contributed by atoms with Crippen LogP contribution >= 0.6 is 0 Å². The van der Waals surface area contributed by atoms with Crippen LogP contribution in [-0.4, -0.2) is 6.61 Å². The molecule has 90 valence electrons. The summed E-state index contributed by atoms with van der Waals surface area (Å²) in [6.07, 6.45) is 1.06. The third-order valence-electron chi connectivity index (χ3n) is 2.76. The van der Waals surface area contributed by atoms with Gasteiger partial charge in [-0.3, -0.25) is 0 Å². The molecule has 1 nitrogen and oxygen atoms in total. The molecule has 1 aromatic rings. The van der Waals surface area contributed by atoms with E-state index in [-0.39, 0.29) is 0 Å². The van der Waals surface area contributed by atoms with E-state index in [2.05, 4.69) is 52.8 Å². The molecule has 0 saturated carbocycles. The Balaban J connectivity index is 2.99. The molecular formula is C15H24O. The Bertz CT molecular complexity index is 300. The van der Waals surface area contributed by atoms with Gasteiger partial charge >= 0.3 is 0 Å². The van der Waals surface area contributed by atoms with Crippen LogP contribution in [-0.2, 0) is 0 Å². The van der Waals surface area contributed by atoms with Crippen molar-refractivity contribution >= 4 is 0 Å². The van der Waals surface area contributed by atoms with Gasteiger partial charge in [0.1, 0.15) is 5.75 Å². The highest BCUT2D eigenvalue weighted by atomic mass is 16.5. The highest BCUT2D eigenvalue weighted by molar-refractivity contribution is 5.37. The molecule has 0 aliphatic heterocycles. The Morgan fingerprint density at radius 2 is 1.44 bits per heavy atom. The van der Waals surface area contributed by atoms with E-state index in [0.29, 0.717) is 11.8 Å². The summed E-state index contributed by atoms with van der Waals surface area (Å²) in [5.41, 5.74) is 2.75. The number of hydrogen-bond donors (Lipinski definition) is 0. The molecule has 0 heterocycles. The summed E-state index contributed by atoms with van der Waals surface area (Å²) in [6, 6.07) is 6.65. The molecule has 0 unspecified atom stereocenters. The Hall–Kier alpha value is -0.980. The van der Waals surface area contributed by atoms with Gasteiger partial charge in [0, 0.05) is 0 Å². The van der Waals surface area contributed by atoms with E-state index >= 15 is 0 Å². The highest BCUT2D eigenvalue weighted by Gasteiger charge is 2.07. The third kappa shape index (κ3) is 3.55. The maximum absolute atomic E-state index is 5.74. The number of benzene rings is 1. The van der Waals surface area contributed by atoms with Gasteiger partial charge in [0.05, 0.1) is 6.61 Å². The van der Waals surface area contributed by atoms with Gasteiger partial charge in [-0.1, -0.05) is 40.7 Å². The van der Waals surface area contributed by atoms with Crippen molar-refractivity contribution in [1.29, 1.82) is 0 Å². The van der Waals surface area contributed by atoms with Crippen LogP contribution in [0.2, 0.25) is 0 Å². The summed E-state index contributed by atoms with van der Waals surface area (Å²) in [4.78, 5) is 0. The highest BCUT2D eigenvalue weighted by Crippen LogP contribution is 2.27. The van der Waals surface area contributed by atoms with Gasteiger partial charge in [-0.05, 0) is 41.5 Å². The Labute approximate surface area is 99.8 Å². The normalized spacial score (nSPS) is 11.2. The van der Waals surface area contributed by atoms with Crippen LogP contribution in [0.5, 0.6) is 5.75 Å². The first-order valence-corrected chi connectivity index (χ1v) is 6.32. The van der Waals surface area contributed by atoms with Gasteiger partial charge in [0.15, 0.2) is 0 Å². The summed E-state index contributed by atoms with van der Waals surface area (Å²) in [7, 11) is 0. The van der Waals surface area contributed by atoms with E-state index in [1.165, 1.54) is 11.1 Å². The third-order valence-corrected chi connectivity index (χ3v) is 2.76.